The third-order valence-electron chi connectivity index (χ3n) is 3.62. The van der Waals surface area contributed by atoms with Gasteiger partial charge in [0.25, 0.3) is 6.20 Å². The van der Waals surface area contributed by atoms with Gasteiger partial charge in [-0.05, 0) is 42.9 Å². The first kappa shape index (κ1) is 18.1. The quantitative estimate of drug-likeness (QED) is 0.381. The summed E-state index contributed by atoms with van der Waals surface area (Å²) in [6.07, 6.45) is 3.62. The Kier molecular flexibility index (Phi) is 7.70. The summed E-state index contributed by atoms with van der Waals surface area (Å²) in [6, 6.07) is 2.31. The lowest BCUT2D eigenvalue weighted by atomic mass is 10.3. The van der Waals surface area contributed by atoms with E-state index in [1.807, 2.05) is 23.1 Å². The maximum Gasteiger partial charge on any atom is 0.274 e. The smallest absolute Gasteiger partial charge is 0.274 e. The van der Waals surface area contributed by atoms with Gasteiger partial charge in [-0.3, -0.25) is 15.0 Å². The number of hydrogen-bond acceptors (Lipinski definition) is 7. The molecule has 1 saturated heterocycles. The molecule has 2 heterocycles. The highest BCUT2D eigenvalue weighted by atomic mass is 32.2. The predicted octanol–water partition coefficient (Wildman–Crippen LogP) is 2.46. The number of thiophene rings is 1. The zero-order valence-corrected chi connectivity index (χ0v) is 15.0. The first-order chi connectivity index (χ1) is 11.2. The molecule has 0 atom stereocenters. The van der Waals surface area contributed by atoms with Gasteiger partial charge < -0.3 is 10.6 Å². The average molecular weight is 357 g/mol. The molecule has 2 rings (SSSR count). The van der Waals surface area contributed by atoms with E-state index in [1.54, 1.807) is 7.05 Å². The molecule has 128 valence electrons. The highest BCUT2D eigenvalue weighted by Gasteiger charge is 2.12. The molecule has 0 saturated carbocycles. The summed E-state index contributed by atoms with van der Waals surface area (Å²) in [5, 5.41) is 18.5. The Bertz CT molecular complexity index is 527. The van der Waals surface area contributed by atoms with Crippen LogP contribution in [0, 0.1) is 10.1 Å². The third kappa shape index (κ3) is 6.80. The molecule has 0 aliphatic carbocycles. The summed E-state index contributed by atoms with van der Waals surface area (Å²) in [4.78, 5) is 13.9. The number of rotatable bonds is 10. The number of nitro groups is 1. The molecule has 1 fully saturated rings. The summed E-state index contributed by atoms with van der Waals surface area (Å²) < 4.78 is 0. The zero-order valence-electron chi connectivity index (χ0n) is 13.4. The average Bonchev–Trinajstić information content (AvgIpc) is 3.18. The summed E-state index contributed by atoms with van der Waals surface area (Å²) in [7, 11) is 1.67. The van der Waals surface area contributed by atoms with Crippen molar-refractivity contribution < 1.29 is 4.92 Å². The van der Waals surface area contributed by atoms with Crippen molar-refractivity contribution in [3.05, 3.63) is 44.0 Å². The molecule has 1 aliphatic heterocycles. The zero-order chi connectivity index (χ0) is 16.5. The van der Waals surface area contributed by atoms with Crippen molar-refractivity contribution >= 4 is 23.1 Å². The van der Waals surface area contributed by atoms with E-state index in [4.69, 9.17) is 0 Å². The molecular weight excluding hydrogens is 332 g/mol. The molecule has 1 aromatic rings. The first-order valence-electron chi connectivity index (χ1n) is 7.80. The molecule has 1 aliphatic rings. The highest BCUT2D eigenvalue weighted by molar-refractivity contribution is 7.98. The Morgan fingerprint density at radius 3 is 3.00 bits per heavy atom. The topological polar surface area (TPSA) is 70.4 Å². The Balaban J connectivity index is 1.62. The van der Waals surface area contributed by atoms with Crippen LogP contribution in [0.3, 0.4) is 0 Å². The molecule has 0 radical (unpaired) electrons. The summed E-state index contributed by atoms with van der Waals surface area (Å²) in [5.41, 5.74) is 1.43. The molecule has 6 nitrogen and oxygen atoms in total. The second-order valence-corrected chi connectivity index (χ2v) is 7.56. The molecule has 2 N–H and O–H groups in total. The molecule has 8 heteroatoms. The van der Waals surface area contributed by atoms with Gasteiger partial charge in [-0.15, -0.1) is 11.3 Å². The number of nitrogens with zero attached hydrogens (tertiary/aromatic N) is 2. The van der Waals surface area contributed by atoms with Crippen LogP contribution in [0.1, 0.15) is 23.3 Å². The predicted molar refractivity (Wildman–Crippen MR) is 97.1 cm³/mol. The Morgan fingerprint density at radius 2 is 2.30 bits per heavy atom. The number of nitrogens with one attached hydrogen (secondary N) is 2. The number of likely N-dealkylation sites (tertiary alicyclic amines) is 1. The van der Waals surface area contributed by atoms with Gasteiger partial charge in [0.2, 0.25) is 0 Å². The van der Waals surface area contributed by atoms with Gasteiger partial charge in [-0.1, -0.05) is 0 Å². The number of thioether (sulfide) groups is 1. The van der Waals surface area contributed by atoms with E-state index in [-0.39, 0.29) is 0 Å². The molecule has 1 aromatic heterocycles. The van der Waals surface area contributed by atoms with Gasteiger partial charge >= 0.3 is 0 Å². The van der Waals surface area contributed by atoms with Crippen LogP contribution in [0.5, 0.6) is 0 Å². The van der Waals surface area contributed by atoms with Gasteiger partial charge in [0.15, 0.2) is 5.82 Å². The van der Waals surface area contributed by atoms with Crippen LogP contribution in [0.4, 0.5) is 0 Å². The molecule has 0 spiro atoms. The van der Waals surface area contributed by atoms with E-state index in [0.717, 1.165) is 24.3 Å². The van der Waals surface area contributed by atoms with Crippen LogP contribution in [0.25, 0.3) is 0 Å². The van der Waals surface area contributed by atoms with Crippen molar-refractivity contribution in [2.75, 3.05) is 32.4 Å². The summed E-state index contributed by atoms with van der Waals surface area (Å²) in [5.74, 6) is 2.36. The third-order valence-corrected chi connectivity index (χ3v) is 5.80. The molecular formula is C15H24N4O2S2. The van der Waals surface area contributed by atoms with Crippen molar-refractivity contribution in [3.8, 4) is 0 Å². The molecule has 0 unspecified atom stereocenters. The van der Waals surface area contributed by atoms with Crippen molar-refractivity contribution in [1.29, 1.82) is 0 Å². The fourth-order valence-electron chi connectivity index (χ4n) is 2.52. The fraction of sp³-hybridized carbons (Fsp3) is 0.600. The monoisotopic (exact) mass is 356 g/mol. The van der Waals surface area contributed by atoms with E-state index in [9.17, 15) is 10.1 Å². The number of hydrogen-bond donors (Lipinski definition) is 2. The molecule has 0 bridgehead atoms. The molecule has 23 heavy (non-hydrogen) atoms. The van der Waals surface area contributed by atoms with Crippen LogP contribution in [0.15, 0.2) is 23.5 Å². The molecule has 0 aromatic carbocycles. The van der Waals surface area contributed by atoms with Crippen molar-refractivity contribution in [3.63, 3.8) is 0 Å². The van der Waals surface area contributed by atoms with Crippen molar-refractivity contribution in [1.82, 2.24) is 15.5 Å². The largest absolute Gasteiger partial charge is 0.370 e. The maximum atomic E-state index is 10.4. The fourth-order valence-corrected chi connectivity index (χ4v) is 4.38. The summed E-state index contributed by atoms with van der Waals surface area (Å²) >= 11 is 3.67. The lowest BCUT2D eigenvalue weighted by Gasteiger charge is -2.12. The van der Waals surface area contributed by atoms with E-state index in [0.29, 0.717) is 12.4 Å². The molecule has 0 amide bonds. The SMILES string of the molecule is CNC(=C[N+](=O)[O-])NCCSCc1cc(CN2CCCC2)cs1. The van der Waals surface area contributed by atoms with Gasteiger partial charge in [0.1, 0.15) is 0 Å². The minimum atomic E-state index is -0.459. The first-order valence-corrected chi connectivity index (χ1v) is 9.84. The van der Waals surface area contributed by atoms with E-state index in [1.165, 1.54) is 36.4 Å². The minimum absolute atomic E-state index is 0.444. The van der Waals surface area contributed by atoms with E-state index < -0.39 is 4.92 Å². The highest BCUT2D eigenvalue weighted by Crippen LogP contribution is 2.22. The van der Waals surface area contributed by atoms with Gasteiger partial charge in [0, 0.05) is 36.5 Å². The normalized spacial score (nSPS) is 15.8. The summed E-state index contributed by atoms with van der Waals surface area (Å²) in [6.45, 7) is 4.26. The van der Waals surface area contributed by atoms with Crippen LogP contribution in [-0.2, 0) is 12.3 Å². The van der Waals surface area contributed by atoms with Gasteiger partial charge in [-0.2, -0.15) is 11.8 Å². The van der Waals surface area contributed by atoms with Crippen LogP contribution < -0.4 is 10.6 Å². The van der Waals surface area contributed by atoms with Crippen molar-refractivity contribution in [2.45, 2.75) is 25.1 Å². The second kappa shape index (κ2) is 9.79. The standard InChI is InChI=1S/C15H24N4O2S2/c1-16-15(10-19(20)21)17-4-7-22-12-14-8-13(11-23-14)9-18-5-2-3-6-18/h8,10-11,16-17H,2-7,9,12H2,1H3. The lowest BCUT2D eigenvalue weighted by Crippen LogP contribution is -2.26. The lowest BCUT2D eigenvalue weighted by molar-refractivity contribution is -0.404. The van der Waals surface area contributed by atoms with E-state index >= 15 is 0 Å². The Morgan fingerprint density at radius 1 is 1.52 bits per heavy atom. The van der Waals surface area contributed by atoms with Gasteiger partial charge in [0.05, 0.1) is 4.92 Å². The van der Waals surface area contributed by atoms with Crippen molar-refractivity contribution in [2.24, 2.45) is 0 Å². The Labute approximate surface area is 145 Å². The second-order valence-electron chi connectivity index (χ2n) is 5.46. The van der Waals surface area contributed by atoms with E-state index in [2.05, 4.69) is 27.0 Å². The minimum Gasteiger partial charge on any atom is -0.370 e. The maximum absolute atomic E-state index is 10.4. The van der Waals surface area contributed by atoms with Gasteiger partial charge in [-0.25, -0.2) is 0 Å². The van der Waals surface area contributed by atoms with Crippen LogP contribution in [0.2, 0.25) is 0 Å². The van der Waals surface area contributed by atoms with Crippen LogP contribution >= 0.6 is 23.1 Å². The van der Waals surface area contributed by atoms with Crippen LogP contribution in [-0.4, -0.2) is 42.3 Å². The Hall–Kier alpha value is -1.25.